The molecule has 2 rings (SSSR count). The zero-order chi connectivity index (χ0) is 16.3. The number of aromatic nitrogens is 1. The molecule has 0 saturated heterocycles. The van der Waals surface area contributed by atoms with Gasteiger partial charge in [0.1, 0.15) is 11.6 Å². The molecule has 0 fully saturated rings. The Hall–Kier alpha value is -2.91. The van der Waals surface area contributed by atoms with Crippen molar-refractivity contribution < 1.29 is 9.59 Å². The van der Waals surface area contributed by atoms with Gasteiger partial charge < -0.3 is 9.88 Å². The van der Waals surface area contributed by atoms with Crippen LogP contribution in [0.25, 0.3) is 0 Å². The number of benzene rings is 1. The Morgan fingerprint density at radius 2 is 2.18 bits per heavy atom. The van der Waals surface area contributed by atoms with Crippen LogP contribution in [0.1, 0.15) is 26.3 Å². The second-order valence-corrected chi connectivity index (χ2v) is 4.86. The van der Waals surface area contributed by atoms with Crippen LogP contribution in [0.4, 0.5) is 5.69 Å². The molecule has 1 heterocycles. The van der Waals surface area contributed by atoms with Gasteiger partial charge in [0.15, 0.2) is 6.29 Å². The first-order chi connectivity index (χ1) is 10.5. The van der Waals surface area contributed by atoms with Crippen LogP contribution >= 0.6 is 11.6 Å². The Balaban J connectivity index is 2.45. The van der Waals surface area contributed by atoms with Crippen LogP contribution in [0.5, 0.6) is 0 Å². The molecule has 0 spiro atoms. The lowest BCUT2D eigenvalue weighted by atomic mass is 10.1. The van der Waals surface area contributed by atoms with Crippen molar-refractivity contribution in [1.29, 1.82) is 5.26 Å². The molecule has 110 valence electrons. The number of nitriles is 1. The SMILES string of the molecule is Cn1cc(C=O)cc(C(=O)Nc2cccc(Cl)c2C#N)c1=O. The molecule has 7 heteroatoms. The van der Waals surface area contributed by atoms with Gasteiger partial charge in [-0.1, -0.05) is 17.7 Å². The van der Waals surface area contributed by atoms with Gasteiger partial charge >= 0.3 is 0 Å². The van der Waals surface area contributed by atoms with Crippen LogP contribution in [0, 0.1) is 11.3 Å². The van der Waals surface area contributed by atoms with E-state index in [9.17, 15) is 14.4 Å². The van der Waals surface area contributed by atoms with E-state index in [1.165, 1.54) is 31.4 Å². The Bertz CT molecular complexity index is 865. The van der Waals surface area contributed by atoms with Gasteiger partial charge in [-0.3, -0.25) is 14.4 Å². The minimum atomic E-state index is -0.719. The molecule has 22 heavy (non-hydrogen) atoms. The van der Waals surface area contributed by atoms with Crippen molar-refractivity contribution in [1.82, 2.24) is 4.57 Å². The number of nitrogens with zero attached hydrogens (tertiary/aromatic N) is 2. The van der Waals surface area contributed by atoms with Crippen molar-refractivity contribution in [2.75, 3.05) is 5.32 Å². The van der Waals surface area contributed by atoms with E-state index >= 15 is 0 Å². The summed E-state index contributed by atoms with van der Waals surface area (Å²) in [6, 6.07) is 7.66. The van der Waals surface area contributed by atoms with Crippen LogP contribution < -0.4 is 10.9 Å². The number of aryl methyl sites for hydroxylation is 1. The number of carbonyl (C=O) groups excluding carboxylic acids is 2. The highest BCUT2D eigenvalue weighted by molar-refractivity contribution is 6.32. The fourth-order valence-corrected chi connectivity index (χ4v) is 2.11. The summed E-state index contributed by atoms with van der Waals surface area (Å²) in [5, 5.41) is 11.7. The van der Waals surface area contributed by atoms with Gasteiger partial charge in [-0.05, 0) is 18.2 Å². The first-order valence-electron chi connectivity index (χ1n) is 6.13. The molecule has 0 atom stereocenters. The number of rotatable bonds is 3. The van der Waals surface area contributed by atoms with Crippen LogP contribution in [0.2, 0.25) is 5.02 Å². The lowest BCUT2D eigenvalue weighted by molar-refractivity contribution is 0.102. The van der Waals surface area contributed by atoms with E-state index in [2.05, 4.69) is 5.32 Å². The topological polar surface area (TPSA) is 92.0 Å². The fraction of sp³-hybridized carbons (Fsp3) is 0.0667. The summed E-state index contributed by atoms with van der Waals surface area (Å²) < 4.78 is 1.14. The second-order valence-electron chi connectivity index (χ2n) is 4.45. The molecule has 0 radical (unpaired) electrons. The smallest absolute Gasteiger partial charge is 0.263 e. The number of halogens is 1. The largest absolute Gasteiger partial charge is 0.321 e. The zero-order valence-electron chi connectivity index (χ0n) is 11.5. The van der Waals surface area contributed by atoms with E-state index in [4.69, 9.17) is 16.9 Å². The third-order valence-corrected chi connectivity index (χ3v) is 3.27. The lowest BCUT2D eigenvalue weighted by Crippen LogP contribution is -2.28. The predicted molar refractivity (Wildman–Crippen MR) is 81.2 cm³/mol. The second kappa shape index (κ2) is 6.24. The first-order valence-corrected chi connectivity index (χ1v) is 6.51. The third-order valence-electron chi connectivity index (χ3n) is 2.96. The van der Waals surface area contributed by atoms with Gasteiger partial charge in [-0.15, -0.1) is 0 Å². The summed E-state index contributed by atoms with van der Waals surface area (Å²) in [6.45, 7) is 0. The Morgan fingerprint density at radius 1 is 1.45 bits per heavy atom. The molecule has 0 saturated carbocycles. The molecule has 0 aliphatic rings. The normalized spacial score (nSPS) is 9.86. The molecule has 2 aromatic rings. The predicted octanol–water partition coefficient (Wildman–Crippen LogP) is 1.98. The Labute approximate surface area is 130 Å². The van der Waals surface area contributed by atoms with Crippen molar-refractivity contribution >= 4 is 29.5 Å². The minimum Gasteiger partial charge on any atom is -0.321 e. The maximum absolute atomic E-state index is 12.2. The fourth-order valence-electron chi connectivity index (χ4n) is 1.90. The summed E-state index contributed by atoms with van der Waals surface area (Å²) in [4.78, 5) is 35.1. The average Bonchev–Trinajstić information content (AvgIpc) is 2.50. The van der Waals surface area contributed by atoms with E-state index in [1.54, 1.807) is 6.07 Å². The average molecular weight is 316 g/mol. The standard InChI is InChI=1S/C15H10ClN3O3/c1-19-7-9(8-20)5-10(15(19)22)14(21)18-13-4-2-3-12(16)11(13)6-17/h2-5,7-8H,1H3,(H,18,21). The number of carbonyl (C=O) groups is 2. The summed E-state index contributed by atoms with van der Waals surface area (Å²) in [6.07, 6.45) is 1.86. The molecule has 0 aliphatic heterocycles. The van der Waals surface area contributed by atoms with Crippen molar-refractivity contribution in [2.24, 2.45) is 7.05 Å². The number of pyridine rings is 1. The molecule has 1 aromatic carbocycles. The molecular formula is C15H10ClN3O3. The summed E-state index contributed by atoms with van der Waals surface area (Å²) in [5.74, 6) is -0.719. The van der Waals surface area contributed by atoms with Crippen molar-refractivity contribution in [3.8, 4) is 6.07 Å². The lowest BCUT2D eigenvalue weighted by Gasteiger charge is -2.09. The highest BCUT2D eigenvalue weighted by Gasteiger charge is 2.16. The number of hydrogen-bond donors (Lipinski definition) is 1. The van der Waals surface area contributed by atoms with Crippen LogP contribution in [-0.4, -0.2) is 16.8 Å². The number of anilines is 1. The monoisotopic (exact) mass is 315 g/mol. The van der Waals surface area contributed by atoms with Crippen LogP contribution in [-0.2, 0) is 7.05 Å². The van der Waals surface area contributed by atoms with E-state index < -0.39 is 11.5 Å². The molecule has 0 aliphatic carbocycles. The van der Waals surface area contributed by atoms with E-state index in [0.29, 0.717) is 6.29 Å². The van der Waals surface area contributed by atoms with Gasteiger partial charge in [-0.25, -0.2) is 0 Å². The van der Waals surface area contributed by atoms with Gasteiger partial charge in [0.2, 0.25) is 0 Å². The quantitative estimate of drug-likeness (QED) is 0.876. The molecule has 6 nitrogen and oxygen atoms in total. The molecule has 0 bridgehead atoms. The maximum Gasteiger partial charge on any atom is 0.263 e. The summed E-state index contributed by atoms with van der Waals surface area (Å²) in [5.41, 5.74) is -0.266. The van der Waals surface area contributed by atoms with Gasteiger partial charge in [0, 0.05) is 18.8 Å². The minimum absolute atomic E-state index is 0.0980. The Morgan fingerprint density at radius 3 is 2.82 bits per heavy atom. The van der Waals surface area contributed by atoms with E-state index in [1.807, 2.05) is 6.07 Å². The van der Waals surface area contributed by atoms with Gasteiger partial charge in [-0.2, -0.15) is 5.26 Å². The molecule has 1 aromatic heterocycles. The Kier molecular flexibility index (Phi) is 4.39. The van der Waals surface area contributed by atoms with Crippen molar-refractivity contribution in [3.63, 3.8) is 0 Å². The number of nitrogens with one attached hydrogen (secondary N) is 1. The van der Waals surface area contributed by atoms with Crippen LogP contribution in [0.3, 0.4) is 0 Å². The highest BCUT2D eigenvalue weighted by Crippen LogP contribution is 2.23. The third kappa shape index (κ3) is 2.90. The van der Waals surface area contributed by atoms with E-state index in [0.717, 1.165) is 4.57 Å². The van der Waals surface area contributed by atoms with Gasteiger partial charge in [0.05, 0.1) is 16.3 Å². The molecule has 1 N–H and O–H groups in total. The summed E-state index contributed by atoms with van der Waals surface area (Å²) >= 11 is 5.88. The first kappa shape index (κ1) is 15.5. The van der Waals surface area contributed by atoms with Gasteiger partial charge in [0.25, 0.3) is 11.5 Å². The number of aldehydes is 1. The number of hydrogen-bond acceptors (Lipinski definition) is 4. The molecule has 1 amide bonds. The summed E-state index contributed by atoms with van der Waals surface area (Å²) in [7, 11) is 1.44. The molecular weight excluding hydrogens is 306 g/mol. The highest BCUT2D eigenvalue weighted by atomic mass is 35.5. The van der Waals surface area contributed by atoms with Crippen LogP contribution in [0.15, 0.2) is 35.3 Å². The van der Waals surface area contributed by atoms with E-state index in [-0.39, 0.29) is 27.4 Å². The van der Waals surface area contributed by atoms with Crippen molar-refractivity contribution in [2.45, 2.75) is 0 Å². The number of amides is 1. The maximum atomic E-state index is 12.2. The zero-order valence-corrected chi connectivity index (χ0v) is 12.2. The molecule has 0 unspecified atom stereocenters. The van der Waals surface area contributed by atoms with Crippen molar-refractivity contribution in [3.05, 3.63) is 62.5 Å².